The predicted octanol–water partition coefficient (Wildman–Crippen LogP) is 5.68. The van der Waals surface area contributed by atoms with Crippen molar-refractivity contribution in [2.45, 2.75) is 44.2 Å². The summed E-state index contributed by atoms with van der Waals surface area (Å²) in [6, 6.07) is 5.85. The Kier molecular flexibility index (Phi) is 4.94. The van der Waals surface area contributed by atoms with Crippen molar-refractivity contribution in [1.82, 2.24) is 9.97 Å². The molecule has 0 radical (unpaired) electrons. The molecule has 7 heteroatoms. The van der Waals surface area contributed by atoms with Crippen molar-refractivity contribution in [2.24, 2.45) is 0 Å². The van der Waals surface area contributed by atoms with Crippen LogP contribution in [0.1, 0.15) is 42.7 Å². The Morgan fingerprint density at radius 3 is 2.67 bits per heavy atom. The summed E-state index contributed by atoms with van der Waals surface area (Å²) in [7, 11) is 0. The first-order valence-corrected chi connectivity index (χ1v) is 8.14. The number of hydrogen-bond acceptors (Lipinski definition) is 3. The molecule has 1 heterocycles. The molecule has 3 rings (SSSR count). The van der Waals surface area contributed by atoms with Gasteiger partial charge in [0, 0.05) is 12.0 Å². The third-order valence-corrected chi connectivity index (χ3v) is 4.33. The van der Waals surface area contributed by atoms with Gasteiger partial charge in [-0.25, -0.2) is 9.97 Å². The molecule has 0 saturated heterocycles. The molecular formula is C17H16ClF3N2O. The number of benzene rings is 1. The van der Waals surface area contributed by atoms with Crippen LogP contribution < -0.4 is 4.74 Å². The van der Waals surface area contributed by atoms with E-state index in [2.05, 4.69) is 9.97 Å². The zero-order valence-corrected chi connectivity index (χ0v) is 13.6. The topological polar surface area (TPSA) is 35.0 Å². The van der Waals surface area contributed by atoms with Crippen molar-refractivity contribution < 1.29 is 17.9 Å². The minimum Gasteiger partial charge on any atom is -0.424 e. The minimum atomic E-state index is -4.10. The molecule has 1 aliphatic rings. The van der Waals surface area contributed by atoms with E-state index in [0.717, 1.165) is 24.0 Å². The van der Waals surface area contributed by atoms with Gasteiger partial charge >= 0.3 is 12.2 Å². The molecule has 1 aromatic carbocycles. The molecule has 1 unspecified atom stereocenters. The number of ether oxygens (including phenoxy) is 1. The van der Waals surface area contributed by atoms with Crippen molar-refractivity contribution in [3.05, 3.63) is 46.7 Å². The highest BCUT2D eigenvalue weighted by molar-refractivity contribution is 6.30. The van der Waals surface area contributed by atoms with E-state index in [-0.39, 0.29) is 18.3 Å². The fourth-order valence-electron chi connectivity index (χ4n) is 3.12. The Balaban J connectivity index is 1.75. The lowest BCUT2D eigenvalue weighted by Crippen LogP contribution is -2.07. The number of nitrogens with zero attached hydrogens (tertiary/aromatic N) is 2. The molecule has 0 amide bonds. The van der Waals surface area contributed by atoms with Crippen LogP contribution in [0.2, 0.25) is 5.02 Å². The van der Waals surface area contributed by atoms with E-state index in [1.165, 1.54) is 12.4 Å². The van der Waals surface area contributed by atoms with E-state index in [9.17, 15) is 13.2 Å². The number of hydrogen-bond donors (Lipinski definition) is 0. The zero-order valence-electron chi connectivity index (χ0n) is 12.8. The van der Waals surface area contributed by atoms with Crippen LogP contribution in [-0.4, -0.2) is 16.1 Å². The van der Waals surface area contributed by atoms with Crippen molar-refractivity contribution >= 4 is 11.6 Å². The molecule has 0 spiro atoms. The van der Waals surface area contributed by atoms with Crippen LogP contribution in [0.15, 0.2) is 30.6 Å². The summed E-state index contributed by atoms with van der Waals surface area (Å²) in [5, 5.41) is 0.408. The molecular weight excluding hydrogens is 341 g/mol. The van der Waals surface area contributed by atoms with Gasteiger partial charge in [0.15, 0.2) is 0 Å². The fraction of sp³-hybridized carbons (Fsp3) is 0.412. The highest BCUT2D eigenvalue weighted by Crippen LogP contribution is 2.43. The average molecular weight is 357 g/mol. The predicted molar refractivity (Wildman–Crippen MR) is 84.5 cm³/mol. The largest absolute Gasteiger partial charge is 0.424 e. The average Bonchev–Trinajstić information content (AvgIpc) is 2.93. The smallest absolute Gasteiger partial charge is 0.389 e. The molecule has 1 atom stereocenters. The van der Waals surface area contributed by atoms with Gasteiger partial charge in [0.1, 0.15) is 5.75 Å². The van der Waals surface area contributed by atoms with E-state index in [1.807, 2.05) is 12.1 Å². The second-order valence-corrected chi connectivity index (χ2v) is 6.29. The number of fused-ring (bicyclic) bond motifs is 1. The van der Waals surface area contributed by atoms with Gasteiger partial charge in [-0.1, -0.05) is 23.7 Å². The van der Waals surface area contributed by atoms with Crippen molar-refractivity contribution in [3.63, 3.8) is 0 Å². The Morgan fingerprint density at radius 2 is 1.96 bits per heavy atom. The van der Waals surface area contributed by atoms with Crippen molar-refractivity contribution in [3.8, 4) is 11.8 Å². The van der Waals surface area contributed by atoms with Gasteiger partial charge < -0.3 is 4.74 Å². The molecule has 0 N–H and O–H groups in total. The van der Waals surface area contributed by atoms with E-state index in [1.54, 1.807) is 6.07 Å². The number of rotatable bonds is 5. The van der Waals surface area contributed by atoms with Gasteiger partial charge in [0.25, 0.3) is 0 Å². The van der Waals surface area contributed by atoms with Gasteiger partial charge in [-0.15, -0.1) is 0 Å². The summed E-state index contributed by atoms with van der Waals surface area (Å²) in [5.74, 6) is 0.690. The molecule has 0 saturated carbocycles. The van der Waals surface area contributed by atoms with Gasteiger partial charge in [-0.2, -0.15) is 13.2 Å². The lowest BCUT2D eigenvalue weighted by Gasteiger charge is -2.16. The van der Waals surface area contributed by atoms with E-state index >= 15 is 0 Å². The lowest BCUT2D eigenvalue weighted by molar-refractivity contribution is -0.135. The van der Waals surface area contributed by atoms with Gasteiger partial charge in [0.05, 0.1) is 17.4 Å². The summed E-state index contributed by atoms with van der Waals surface area (Å²) < 4.78 is 42.9. The van der Waals surface area contributed by atoms with Crippen molar-refractivity contribution in [2.75, 3.05) is 0 Å². The third kappa shape index (κ3) is 4.17. The standard InChI is InChI=1S/C17H16ClF3N2O/c18-13-9-22-16(23-10-13)24-14-5-1-3-11-6-7-12(15(11)14)4-2-8-17(19,20)21/h1,3,5,9-10,12H,2,4,6-8H2. The van der Waals surface area contributed by atoms with E-state index < -0.39 is 12.6 Å². The number of aryl methyl sites for hydroxylation is 1. The van der Waals surface area contributed by atoms with Gasteiger partial charge in [-0.05, 0) is 43.2 Å². The zero-order chi connectivity index (χ0) is 17.2. The number of aromatic nitrogens is 2. The summed E-state index contributed by atoms with van der Waals surface area (Å²) >= 11 is 5.75. The lowest BCUT2D eigenvalue weighted by atomic mass is 9.94. The molecule has 0 fully saturated rings. The molecule has 2 aromatic rings. The SMILES string of the molecule is FC(F)(F)CCCC1CCc2cccc(Oc3ncc(Cl)cn3)c21. The van der Waals surface area contributed by atoms with Crippen LogP contribution in [0.25, 0.3) is 0 Å². The Hall–Kier alpha value is -1.82. The summed E-state index contributed by atoms with van der Waals surface area (Å²) in [6.45, 7) is 0. The maximum atomic E-state index is 12.4. The highest BCUT2D eigenvalue weighted by atomic mass is 35.5. The van der Waals surface area contributed by atoms with Gasteiger partial charge in [0.2, 0.25) is 0 Å². The molecule has 1 aromatic heterocycles. The highest BCUT2D eigenvalue weighted by Gasteiger charge is 2.30. The number of halogens is 4. The third-order valence-electron chi connectivity index (χ3n) is 4.14. The number of alkyl halides is 3. The molecule has 0 bridgehead atoms. The maximum Gasteiger partial charge on any atom is 0.389 e. The monoisotopic (exact) mass is 356 g/mol. The molecule has 3 nitrogen and oxygen atoms in total. The molecule has 0 aliphatic heterocycles. The first-order valence-electron chi connectivity index (χ1n) is 7.76. The minimum absolute atomic E-state index is 0.0749. The first-order chi connectivity index (χ1) is 11.4. The van der Waals surface area contributed by atoms with E-state index in [4.69, 9.17) is 16.3 Å². The van der Waals surface area contributed by atoms with Crippen LogP contribution in [0.4, 0.5) is 13.2 Å². The van der Waals surface area contributed by atoms with Crippen molar-refractivity contribution in [1.29, 1.82) is 0 Å². The summed E-state index contributed by atoms with van der Waals surface area (Å²) in [4.78, 5) is 8.01. The van der Waals surface area contributed by atoms with Crippen LogP contribution in [0.5, 0.6) is 11.8 Å². The fourth-order valence-corrected chi connectivity index (χ4v) is 3.22. The normalized spacial score (nSPS) is 16.9. The Bertz CT molecular complexity index is 704. The van der Waals surface area contributed by atoms with E-state index in [0.29, 0.717) is 17.2 Å². The van der Waals surface area contributed by atoms with Crippen LogP contribution in [0, 0.1) is 0 Å². The second kappa shape index (κ2) is 6.97. The maximum absolute atomic E-state index is 12.4. The molecule has 1 aliphatic carbocycles. The summed E-state index contributed by atoms with van der Waals surface area (Å²) in [5.41, 5.74) is 2.11. The molecule has 128 valence electrons. The molecule has 24 heavy (non-hydrogen) atoms. The first kappa shape index (κ1) is 17.0. The summed E-state index contributed by atoms with van der Waals surface area (Å²) in [6.07, 6.45) is 0.339. The Morgan fingerprint density at radius 1 is 1.21 bits per heavy atom. The van der Waals surface area contributed by atoms with Gasteiger partial charge in [-0.3, -0.25) is 0 Å². The van der Waals surface area contributed by atoms with Crippen LogP contribution in [0.3, 0.4) is 0 Å². The van der Waals surface area contributed by atoms with Crippen LogP contribution in [-0.2, 0) is 6.42 Å². The Labute approximate surface area is 142 Å². The van der Waals surface area contributed by atoms with Crippen LogP contribution >= 0.6 is 11.6 Å². The second-order valence-electron chi connectivity index (χ2n) is 5.86. The quantitative estimate of drug-likeness (QED) is 0.690.